The zero-order chi connectivity index (χ0) is 12.7. The SMILES string of the molecule is COCOc1c(CC(O)CO)cccc1OC. The van der Waals surface area contributed by atoms with E-state index in [9.17, 15) is 5.11 Å². The molecule has 1 unspecified atom stereocenters. The molecule has 0 aromatic heterocycles. The van der Waals surface area contributed by atoms with Crippen molar-refractivity contribution in [2.75, 3.05) is 27.6 Å². The van der Waals surface area contributed by atoms with Gasteiger partial charge in [0.15, 0.2) is 18.3 Å². The molecule has 0 aliphatic rings. The smallest absolute Gasteiger partial charge is 0.188 e. The summed E-state index contributed by atoms with van der Waals surface area (Å²) < 4.78 is 15.4. The van der Waals surface area contributed by atoms with Crippen molar-refractivity contribution < 1.29 is 24.4 Å². The molecule has 0 aliphatic heterocycles. The van der Waals surface area contributed by atoms with Crippen LogP contribution in [0.2, 0.25) is 0 Å². The van der Waals surface area contributed by atoms with E-state index in [0.29, 0.717) is 17.9 Å². The van der Waals surface area contributed by atoms with Gasteiger partial charge in [-0.05, 0) is 6.07 Å². The highest BCUT2D eigenvalue weighted by Crippen LogP contribution is 2.31. The van der Waals surface area contributed by atoms with Crippen LogP contribution in [0.25, 0.3) is 0 Å². The number of ether oxygens (including phenoxy) is 3. The molecule has 0 amide bonds. The summed E-state index contributed by atoms with van der Waals surface area (Å²) in [4.78, 5) is 0. The molecule has 5 nitrogen and oxygen atoms in total. The average Bonchev–Trinajstić information content (AvgIpc) is 2.36. The van der Waals surface area contributed by atoms with Gasteiger partial charge in [-0.25, -0.2) is 0 Å². The summed E-state index contributed by atoms with van der Waals surface area (Å²) >= 11 is 0. The fourth-order valence-electron chi connectivity index (χ4n) is 1.48. The molecule has 1 aromatic carbocycles. The van der Waals surface area contributed by atoms with Crippen LogP contribution in [-0.4, -0.2) is 43.9 Å². The number of aliphatic hydroxyl groups is 2. The fourth-order valence-corrected chi connectivity index (χ4v) is 1.48. The van der Waals surface area contributed by atoms with Crippen molar-refractivity contribution in [2.45, 2.75) is 12.5 Å². The molecule has 0 aliphatic carbocycles. The Morgan fingerprint density at radius 1 is 1.29 bits per heavy atom. The van der Waals surface area contributed by atoms with Crippen molar-refractivity contribution >= 4 is 0 Å². The Kier molecular flexibility index (Phi) is 5.76. The lowest BCUT2D eigenvalue weighted by atomic mass is 10.1. The maximum Gasteiger partial charge on any atom is 0.188 e. The minimum atomic E-state index is -0.813. The molecule has 1 rings (SSSR count). The van der Waals surface area contributed by atoms with E-state index in [0.717, 1.165) is 5.56 Å². The Morgan fingerprint density at radius 2 is 2.06 bits per heavy atom. The van der Waals surface area contributed by atoms with Gasteiger partial charge in [0, 0.05) is 19.1 Å². The van der Waals surface area contributed by atoms with Crippen molar-refractivity contribution in [3.05, 3.63) is 23.8 Å². The van der Waals surface area contributed by atoms with Gasteiger partial charge in [-0.3, -0.25) is 0 Å². The average molecular weight is 242 g/mol. The summed E-state index contributed by atoms with van der Waals surface area (Å²) in [7, 11) is 3.07. The van der Waals surface area contributed by atoms with Crippen LogP contribution < -0.4 is 9.47 Å². The normalized spacial score (nSPS) is 12.2. The van der Waals surface area contributed by atoms with Crippen LogP contribution >= 0.6 is 0 Å². The van der Waals surface area contributed by atoms with Gasteiger partial charge in [0.2, 0.25) is 0 Å². The second-order valence-corrected chi connectivity index (χ2v) is 3.54. The van der Waals surface area contributed by atoms with E-state index in [4.69, 9.17) is 19.3 Å². The third kappa shape index (κ3) is 3.89. The summed E-state index contributed by atoms with van der Waals surface area (Å²) in [5, 5.41) is 18.3. The van der Waals surface area contributed by atoms with Crippen LogP contribution in [0.4, 0.5) is 0 Å². The monoisotopic (exact) mass is 242 g/mol. The molecule has 0 saturated carbocycles. The van der Waals surface area contributed by atoms with Gasteiger partial charge in [0.25, 0.3) is 0 Å². The van der Waals surface area contributed by atoms with Crippen LogP contribution in [0.3, 0.4) is 0 Å². The lowest BCUT2D eigenvalue weighted by Gasteiger charge is -2.15. The van der Waals surface area contributed by atoms with Crippen LogP contribution in [0.15, 0.2) is 18.2 Å². The zero-order valence-corrected chi connectivity index (χ0v) is 10.0. The molecule has 0 radical (unpaired) electrons. The van der Waals surface area contributed by atoms with E-state index >= 15 is 0 Å². The number of methoxy groups -OCH3 is 2. The molecule has 0 spiro atoms. The van der Waals surface area contributed by atoms with Gasteiger partial charge in [-0.1, -0.05) is 12.1 Å². The first-order valence-electron chi connectivity index (χ1n) is 5.29. The maximum atomic E-state index is 9.45. The van der Waals surface area contributed by atoms with Gasteiger partial charge < -0.3 is 24.4 Å². The number of benzene rings is 1. The highest BCUT2D eigenvalue weighted by atomic mass is 16.7. The van der Waals surface area contributed by atoms with Crippen molar-refractivity contribution in [1.29, 1.82) is 0 Å². The molecule has 2 N–H and O–H groups in total. The minimum Gasteiger partial charge on any atom is -0.493 e. The molecule has 5 heteroatoms. The molecule has 17 heavy (non-hydrogen) atoms. The highest BCUT2D eigenvalue weighted by molar-refractivity contribution is 5.46. The molecular formula is C12H18O5. The number of para-hydroxylation sites is 1. The Balaban J connectivity index is 2.92. The lowest BCUT2D eigenvalue weighted by molar-refractivity contribution is 0.0470. The van der Waals surface area contributed by atoms with E-state index in [-0.39, 0.29) is 13.4 Å². The molecule has 96 valence electrons. The van der Waals surface area contributed by atoms with E-state index in [1.807, 2.05) is 6.07 Å². The summed E-state index contributed by atoms with van der Waals surface area (Å²) in [6.45, 7) is -0.191. The van der Waals surface area contributed by atoms with Gasteiger partial charge in [0.1, 0.15) is 0 Å². The molecule has 0 bridgehead atoms. The van der Waals surface area contributed by atoms with Gasteiger partial charge >= 0.3 is 0 Å². The number of aliphatic hydroxyl groups excluding tert-OH is 2. The lowest BCUT2D eigenvalue weighted by Crippen LogP contribution is -2.16. The van der Waals surface area contributed by atoms with Gasteiger partial charge in [0.05, 0.1) is 19.8 Å². The van der Waals surface area contributed by atoms with E-state index in [1.54, 1.807) is 19.2 Å². The van der Waals surface area contributed by atoms with E-state index < -0.39 is 6.10 Å². The van der Waals surface area contributed by atoms with E-state index in [1.165, 1.54) is 7.11 Å². The first-order valence-corrected chi connectivity index (χ1v) is 5.29. The third-order valence-electron chi connectivity index (χ3n) is 2.27. The van der Waals surface area contributed by atoms with E-state index in [2.05, 4.69) is 0 Å². The van der Waals surface area contributed by atoms with Crippen molar-refractivity contribution in [3.63, 3.8) is 0 Å². The maximum absolute atomic E-state index is 9.45. The quantitative estimate of drug-likeness (QED) is 0.684. The largest absolute Gasteiger partial charge is 0.493 e. The van der Waals surface area contributed by atoms with Crippen LogP contribution in [0, 0.1) is 0 Å². The molecular weight excluding hydrogens is 224 g/mol. The second kappa shape index (κ2) is 7.11. The summed E-state index contributed by atoms with van der Waals surface area (Å²) in [5.74, 6) is 1.11. The van der Waals surface area contributed by atoms with Crippen molar-refractivity contribution in [1.82, 2.24) is 0 Å². The van der Waals surface area contributed by atoms with Gasteiger partial charge in [-0.15, -0.1) is 0 Å². The molecule has 0 fully saturated rings. The Morgan fingerprint density at radius 3 is 2.65 bits per heavy atom. The number of rotatable bonds is 7. The Labute approximate surface area is 101 Å². The third-order valence-corrected chi connectivity index (χ3v) is 2.27. The Hall–Kier alpha value is -1.30. The van der Waals surface area contributed by atoms with Crippen molar-refractivity contribution in [3.8, 4) is 11.5 Å². The first kappa shape index (κ1) is 13.8. The van der Waals surface area contributed by atoms with Gasteiger partial charge in [-0.2, -0.15) is 0 Å². The van der Waals surface area contributed by atoms with Crippen molar-refractivity contribution in [2.24, 2.45) is 0 Å². The Bertz CT molecular complexity index is 340. The van der Waals surface area contributed by atoms with Crippen LogP contribution in [0.1, 0.15) is 5.56 Å². The number of hydrogen-bond acceptors (Lipinski definition) is 5. The molecule has 1 aromatic rings. The second-order valence-electron chi connectivity index (χ2n) is 3.54. The summed E-state index contributed by atoms with van der Waals surface area (Å²) in [6.07, 6.45) is -0.515. The predicted molar refractivity (Wildman–Crippen MR) is 62.3 cm³/mol. The first-order chi connectivity index (χ1) is 8.22. The molecule has 0 heterocycles. The molecule has 1 atom stereocenters. The van der Waals surface area contributed by atoms with Crippen LogP contribution in [0.5, 0.6) is 11.5 Å². The van der Waals surface area contributed by atoms with Crippen LogP contribution in [-0.2, 0) is 11.2 Å². The summed E-state index contributed by atoms with van der Waals surface area (Å²) in [6, 6.07) is 5.38. The minimum absolute atomic E-state index is 0.0998. The number of hydrogen-bond donors (Lipinski definition) is 2. The summed E-state index contributed by atoms with van der Waals surface area (Å²) in [5.41, 5.74) is 0.767. The predicted octanol–water partition coefficient (Wildman–Crippen LogP) is 0.574. The molecule has 0 saturated heterocycles. The highest BCUT2D eigenvalue weighted by Gasteiger charge is 2.13. The fraction of sp³-hybridized carbons (Fsp3) is 0.500. The standard InChI is InChI=1S/C12H18O5/c1-15-8-17-12-9(6-10(14)7-13)4-3-5-11(12)16-2/h3-5,10,13-14H,6-8H2,1-2H3. The zero-order valence-electron chi connectivity index (χ0n) is 10.0. The topological polar surface area (TPSA) is 68.2 Å².